The van der Waals surface area contributed by atoms with Gasteiger partial charge in [-0.3, -0.25) is 4.79 Å². The van der Waals surface area contributed by atoms with E-state index in [0.29, 0.717) is 17.0 Å². The molecular weight excluding hydrogens is 274 g/mol. The van der Waals surface area contributed by atoms with Crippen LogP contribution in [-0.2, 0) is 9.84 Å². The quantitative estimate of drug-likeness (QED) is 0.830. The Hall–Kier alpha value is -1.07. The highest BCUT2D eigenvalue weighted by atomic mass is 35.5. The fourth-order valence-electron chi connectivity index (χ4n) is 2.07. The van der Waals surface area contributed by atoms with Crippen molar-refractivity contribution in [2.45, 2.75) is 12.5 Å². The maximum Gasteiger partial charge on any atom is 0.255 e. The van der Waals surface area contributed by atoms with E-state index in [-0.39, 0.29) is 23.5 Å². The summed E-state index contributed by atoms with van der Waals surface area (Å²) in [5, 5.41) is 0.384. The molecular formula is C12H14ClNO3S. The second-order valence-corrected chi connectivity index (χ2v) is 7.09. The summed E-state index contributed by atoms with van der Waals surface area (Å²) >= 11 is 5.96. The van der Waals surface area contributed by atoms with Gasteiger partial charge in [0.15, 0.2) is 9.84 Å². The lowest BCUT2D eigenvalue weighted by Gasteiger charge is -2.23. The van der Waals surface area contributed by atoms with Crippen LogP contribution in [0.1, 0.15) is 16.8 Å². The summed E-state index contributed by atoms with van der Waals surface area (Å²) in [5.74, 6) is -0.0416. The van der Waals surface area contributed by atoms with Crippen LogP contribution >= 0.6 is 11.6 Å². The monoisotopic (exact) mass is 287 g/mol. The summed E-state index contributed by atoms with van der Waals surface area (Å²) < 4.78 is 22.8. The molecule has 1 aromatic rings. The first-order valence-corrected chi connectivity index (χ1v) is 7.83. The van der Waals surface area contributed by atoms with Crippen molar-refractivity contribution in [3.05, 3.63) is 34.9 Å². The zero-order valence-electron chi connectivity index (χ0n) is 9.97. The molecule has 0 radical (unpaired) electrons. The number of hydrogen-bond donors (Lipinski definition) is 0. The molecule has 1 aliphatic heterocycles. The number of hydrogen-bond acceptors (Lipinski definition) is 3. The van der Waals surface area contributed by atoms with Crippen LogP contribution in [0.4, 0.5) is 0 Å². The van der Waals surface area contributed by atoms with Gasteiger partial charge in [0.05, 0.1) is 22.1 Å². The lowest BCUT2D eigenvalue weighted by atomic mass is 10.1. The highest BCUT2D eigenvalue weighted by Gasteiger charge is 2.33. The van der Waals surface area contributed by atoms with Crippen molar-refractivity contribution in [3.63, 3.8) is 0 Å². The molecule has 1 atom stereocenters. The van der Waals surface area contributed by atoms with E-state index in [2.05, 4.69) is 0 Å². The molecule has 1 saturated heterocycles. The SMILES string of the molecule is CN(C(=O)c1ccccc1Cl)[C@H]1CCS(=O)(=O)C1. The molecule has 0 aromatic heterocycles. The van der Waals surface area contributed by atoms with Crippen LogP contribution in [0, 0.1) is 0 Å². The van der Waals surface area contributed by atoms with E-state index < -0.39 is 9.84 Å². The Balaban J connectivity index is 2.18. The fourth-order valence-corrected chi connectivity index (χ4v) is 4.06. The summed E-state index contributed by atoms with van der Waals surface area (Å²) in [5.41, 5.74) is 0.408. The van der Waals surface area contributed by atoms with E-state index in [1.54, 1.807) is 31.3 Å². The lowest BCUT2D eigenvalue weighted by molar-refractivity contribution is 0.0748. The van der Waals surface area contributed by atoms with Crippen LogP contribution in [-0.4, -0.2) is 43.8 Å². The molecule has 0 N–H and O–H groups in total. The number of rotatable bonds is 2. The van der Waals surface area contributed by atoms with Gasteiger partial charge in [-0.2, -0.15) is 0 Å². The topological polar surface area (TPSA) is 54.5 Å². The van der Waals surface area contributed by atoms with Gasteiger partial charge in [0.25, 0.3) is 5.91 Å². The Labute approximate surface area is 111 Å². The van der Waals surface area contributed by atoms with Crippen LogP contribution in [0.25, 0.3) is 0 Å². The van der Waals surface area contributed by atoms with E-state index in [9.17, 15) is 13.2 Å². The van der Waals surface area contributed by atoms with Gasteiger partial charge in [-0.15, -0.1) is 0 Å². The zero-order valence-corrected chi connectivity index (χ0v) is 11.5. The van der Waals surface area contributed by atoms with E-state index >= 15 is 0 Å². The number of sulfone groups is 1. The molecule has 1 amide bonds. The van der Waals surface area contributed by atoms with Crippen molar-refractivity contribution in [1.82, 2.24) is 4.90 Å². The molecule has 1 heterocycles. The third kappa shape index (κ3) is 2.67. The van der Waals surface area contributed by atoms with Crippen LogP contribution in [0.2, 0.25) is 5.02 Å². The van der Waals surface area contributed by atoms with E-state index in [1.165, 1.54) is 4.90 Å². The number of carbonyl (C=O) groups is 1. The molecule has 0 bridgehead atoms. The Kier molecular flexibility index (Phi) is 3.64. The van der Waals surface area contributed by atoms with Gasteiger partial charge in [-0.05, 0) is 18.6 Å². The van der Waals surface area contributed by atoms with Gasteiger partial charge in [-0.1, -0.05) is 23.7 Å². The predicted octanol–water partition coefficient (Wildman–Crippen LogP) is 1.60. The first-order valence-electron chi connectivity index (χ1n) is 5.63. The lowest BCUT2D eigenvalue weighted by Crippen LogP contribution is -2.37. The average molecular weight is 288 g/mol. The Morgan fingerprint density at radius 3 is 2.61 bits per heavy atom. The first kappa shape index (κ1) is 13.4. The van der Waals surface area contributed by atoms with Gasteiger partial charge in [0, 0.05) is 13.1 Å². The van der Waals surface area contributed by atoms with Crippen LogP contribution in [0.5, 0.6) is 0 Å². The molecule has 0 saturated carbocycles. The number of halogens is 1. The second-order valence-electron chi connectivity index (χ2n) is 4.45. The van der Waals surface area contributed by atoms with Crippen LogP contribution in [0.3, 0.4) is 0 Å². The van der Waals surface area contributed by atoms with Crippen LogP contribution in [0.15, 0.2) is 24.3 Å². The average Bonchev–Trinajstić information content (AvgIpc) is 2.68. The minimum Gasteiger partial charge on any atom is -0.338 e. The van der Waals surface area contributed by atoms with Gasteiger partial charge in [-0.25, -0.2) is 8.42 Å². The maximum absolute atomic E-state index is 12.2. The second kappa shape index (κ2) is 4.90. The molecule has 1 aliphatic rings. The minimum absolute atomic E-state index is 0.0414. The first-order chi connectivity index (χ1) is 8.41. The molecule has 1 fully saturated rings. The Morgan fingerprint density at radius 1 is 1.39 bits per heavy atom. The van der Waals surface area contributed by atoms with Crippen LogP contribution < -0.4 is 0 Å². The highest BCUT2D eigenvalue weighted by Crippen LogP contribution is 2.21. The largest absolute Gasteiger partial charge is 0.338 e. The third-order valence-corrected chi connectivity index (χ3v) is 5.26. The van der Waals surface area contributed by atoms with E-state index in [1.807, 2.05) is 0 Å². The summed E-state index contributed by atoms with van der Waals surface area (Å²) in [6.45, 7) is 0. The van der Waals surface area contributed by atoms with Gasteiger partial charge in [0.2, 0.25) is 0 Å². The van der Waals surface area contributed by atoms with Gasteiger partial charge >= 0.3 is 0 Å². The number of nitrogens with zero attached hydrogens (tertiary/aromatic N) is 1. The van der Waals surface area contributed by atoms with Crippen molar-refractivity contribution in [2.24, 2.45) is 0 Å². The Morgan fingerprint density at radius 2 is 2.06 bits per heavy atom. The normalized spacial score (nSPS) is 21.8. The third-order valence-electron chi connectivity index (χ3n) is 3.18. The van der Waals surface area contributed by atoms with Crippen molar-refractivity contribution in [1.29, 1.82) is 0 Å². The number of benzene rings is 1. The molecule has 1 aromatic carbocycles. The molecule has 98 valence electrons. The number of amides is 1. The molecule has 0 spiro atoms. The molecule has 18 heavy (non-hydrogen) atoms. The molecule has 6 heteroatoms. The predicted molar refractivity (Wildman–Crippen MR) is 70.6 cm³/mol. The Bertz CT molecular complexity index is 570. The van der Waals surface area contributed by atoms with Crippen molar-refractivity contribution >= 4 is 27.3 Å². The maximum atomic E-state index is 12.2. The van der Waals surface area contributed by atoms with E-state index in [0.717, 1.165) is 0 Å². The smallest absolute Gasteiger partial charge is 0.255 e. The van der Waals surface area contributed by atoms with Gasteiger partial charge in [0.1, 0.15) is 0 Å². The fraction of sp³-hybridized carbons (Fsp3) is 0.417. The summed E-state index contributed by atoms with van der Waals surface area (Å²) in [6.07, 6.45) is 0.495. The zero-order chi connectivity index (χ0) is 13.3. The van der Waals surface area contributed by atoms with Crippen molar-refractivity contribution in [3.8, 4) is 0 Å². The number of carbonyl (C=O) groups excluding carboxylic acids is 1. The van der Waals surface area contributed by atoms with Gasteiger partial charge < -0.3 is 4.90 Å². The molecule has 2 rings (SSSR count). The summed E-state index contributed by atoms with van der Waals surface area (Å²) in [6, 6.07) is 6.52. The summed E-state index contributed by atoms with van der Waals surface area (Å²) in [7, 11) is -1.37. The highest BCUT2D eigenvalue weighted by molar-refractivity contribution is 7.91. The molecule has 0 unspecified atom stereocenters. The molecule has 0 aliphatic carbocycles. The van der Waals surface area contributed by atoms with Crippen molar-refractivity contribution < 1.29 is 13.2 Å². The standard InChI is InChI=1S/C12H14ClNO3S/c1-14(9-6-7-18(16,17)8-9)12(15)10-4-2-3-5-11(10)13/h2-5,9H,6-8H2,1H3/t9-/m0/s1. The van der Waals surface area contributed by atoms with Crippen molar-refractivity contribution in [2.75, 3.05) is 18.6 Å². The van der Waals surface area contributed by atoms with E-state index in [4.69, 9.17) is 11.6 Å². The minimum atomic E-state index is -2.99. The summed E-state index contributed by atoms with van der Waals surface area (Å²) in [4.78, 5) is 13.7. The molecule has 4 nitrogen and oxygen atoms in total.